The molecule has 0 radical (unpaired) electrons. The fourth-order valence-electron chi connectivity index (χ4n) is 4.09. The van der Waals surface area contributed by atoms with Gasteiger partial charge in [-0.1, -0.05) is 17.7 Å². The number of piperidine rings is 1. The second-order valence-corrected chi connectivity index (χ2v) is 11.1. The van der Waals surface area contributed by atoms with Crippen LogP contribution in [-0.2, 0) is 21.2 Å². The summed E-state index contributed by atoms with van der Waals surface area (Å²) in [6.45, 7) is 5.51. The van der Waals surface area contributed by atoms with Crippen LogP contribution in [-0.4, -0.2) is 36.9 Å². The molecule has 2 aromatic rings. The first-order chi connectivity index (χ1) is 14.9. The molecule has 0 spiro atoms. The molecule has 0 aromatic heterocycles. The quantitative estimate of drug-likeness (QED) is 0.428. The van der Waals surface area contributed by atoms with Gasteiger partial charge in [0.05, 0.1) is 20.6 Å². The van der Waals surface area contributed by atoms with E-state index in [9.17, 15) is 22.8 Å². The number of halogens is 2. The van der Waals surface area contributed by atoms with E-state index in [1.165, 1.54) is 49.4 Å². The highest BCUT2D eigenvalue weighted by Crippen LogP contribution is 2.44. The number of amides is 1. The summed E-state index contributed by atoms with van der Waals surface area (Å²) in [7, 11) is -3.92. The summed E-state index contributed by atoms with van der Waals surface area (Å²) < 4.78 is 45.8. The average molecular weight is 485 g/mol. The molecule has 3 N–H and O–H groups in total. The van der Waals surface area contributed by atoms with Crippen molar-refractivity contribution in [3.05, 3.63) is 58.9 Å². The zero-order valence-electron chi connectivity index (χ0n) is 18.0. The number of sulfone groups is 1. The van der Waals surface area contributed by atoms with Crippen LogP contribution in [0.3, 0.4) is 0 Å². The number of nitrogens with one attached hydrogen (secondary N) is 2. The summed E-state index contributed by atoms with van der Waals surface area (Å²) in [5.74, 6) is -0.804. The van der Waals surface area contributed by atoms with Crippen LogP contribution in [0.2, 0.25) is 5.02 Å². The van der Waals surface area contributed by atoms with Gasteiger partial charge in [0.1, 0.15) is 18.2 Å². The number of rotatable bonds is 6. The SMILES string of the molecule is CC1(C)NCCC(S(=O)(=O)c2ccc(OCc3ccc(F)cc3Cl)cc2)C1(C)C(=O)NO. The Morgan fingerprint density at radius 2 is 1.91 bits per heavy atom. The van der Waals surface area contributed by atoms with Crippen molar-refractivity contribution in [1.29, 1.82) is 0 Å². The van der Waals surface area contributed by atoms with E-state index in [0.29, 0.717) is 17.9 Å². The maximum atomic E-state index is 13.5. The summed E-state index contributed by atoms with van der Waals surface area (Å²) >= 11 is 6.00. The maximum absolute atomic E-state index is 13.5. The minimum absolute atomic E-state index is 0.0457. The molecule has 0 saturated carbocycles. The molecule has 174 valence electrons. The van der Waals surface area contributed by atoms with Crippen LogP contribution in [0.1, 0.15) is 32.8 Å². The first-order valence-corrected chi connectivity index (χ1v) is 12.0. The van der Waals surface area contributed by atoms with E-state index in [1.807, 2.05) is 0 Å². The summed E-state index contributed by atoms with van der Waals surface area (Å²) in [4.78, 5) is 12.6. The number of ether oxygens (including phenoxy) is 1. The van der Waals surface area contributed by atoms with E-state index in [2.05, 4.69) is 5.32 Å². The Bertz CT molecular complexity index is 1110. The monoisotopic (exact) mass is 484 g/mol. The molecule has 2 atom stereocenters. The van der Waals surface area contributed by atoms with E-state index in [4.69, 9.17) is 16.3 Å². The van der Waals surface area contributed by atoms with Crippen molar-refractivity contribution in [2.24, 2.45) is 5.41 Å². The van der Waals surface area contributed by atoms with Crippen LogP contribution in [0.5, 0.6) is 5.75 Å². The summed E-state index contributed by atoms with van der Waals surface area (Å²) in [5, 5.41) is 11.7. The molecule has 10 heteroatoms. The third-order valence-corrected chi connectivity index (χ3v) is 9.16. The molecule has 0 aliphatic carbocycles. The van der Waals surface area contributed by atoms with Gasteiger partial charge in [0, 0.05) is 11.1 Å². The molecule has 32 heavy (non-hydrogen) atoms. The van der Waals surface area contributed by atoms with Crippen molar-refractivity contribution in [2.45, 2.75) is 49.5 Å². The Labute approximate surface area is 191 Å². The van der Waals surface area contributed by atoms with Crippen molar-refractivity contribution in [3.63, 3.8) is 0 Å². The highest BCUT2D eigenvalue weighted by molar-refractivity contribution is 7.92. The first-order valence-electron chi connectivity index (χ1n) is 10.0. The van der Waals surface area contributed by atoms with Crippen molar-refractivity contribution in [3.8, 4) is 5.75 Å². The van der Waals surface area contributed by atoms with Crippen molar-refractivity contribution in [2.75, 3.05) is 6.54 Å². The number of hydrogen-bond acceptors (Lipinski definition) is 6. The third kappa shape index (κ3) is 4.34. The molecule has 2 aromatic carbocycles. The van der Waals surface area contributed by atoms with Crippen molar-refractivity contribution < 1.29 is 27.5 Å². The van der Waals surface area contributed by atoms with Gasteiger partial charge in [-0.3, -0.25) is 10.0 Å². The molecule has 1 aliphatic heterocycles. The number of hydroxylamine groups is 1. The van der Waals surface area contributed by atoms with Crippen LogP contribution < -0.4 is 15.5 Å². The summed E-state index contributed by atoms with van der Waals surface area (Å²) in [6, 6.07) is 9.85. The maximum Gasteiger partial charge on any atom is 0.252 e. The van der Waals surface area contributed by atoms with E-state index in [1.54, 1.807) is 19.3 Å². The molecule has 3 rings (SSSR count). The van der Waals surface area contributed by atoms with Gasteiger partial charge in [-0.05, 0) is 70.1 Å². The van der Waals surface area contributed by atoms with E-state index in [-0.39, 0.29) is 22.9 Å². The van der Waals surface area contributed by atoms with E-state index < -0.39 is 37.8 Å². The zero-order chi connectivity index (χ0) is 23.7. The molecule has 1 aliphatic rings. The predicted molar refractivity (Wildman–Crippen MR) is 118 cm³/mol. The number of hydrogen-bond donors (Lipinski definition) is 3. The minimum Gasteiger partial charge on any atom is -0.489 e. The van der Waals surface area contributed by atoms with E-state index in [0.717, 1.165) is 0 Å². The second kappa shape index (κ2) is 8.97. The lowest BCUT2D eigenvalue weighted by molar-refractivity contribution is -0.144. The van der Waals surface area contributed by atoms with Gasteiger partial charge in [0.2, 0.25) is 0 Å². The summed E-state index contributed by atoms with van der Waals surface area (Å²) in [6.07, 6.45) is 0.205. The normalized spacial score (nSPS) is 22.9. The molecule has 1 amide bonds. The Morgan fingerprint density at radius 3 is 2.50 bits per heavy atom. The van der Waals surface area contributed by atoms with Crippen LogP contribution in [0.15, 0.2) is 47.4 Å². The summed E-state index contributed by atoms with van der Waals surface area (Å²) in [5.41, 5.74) is -0.0785. The molecule has 2 unspecified atom stereocenters. The van der Waals surface area contributed by atoms with E-state index >= 15 is 0 Å². The highest BCUT2D eigenvalue weighted by atomic mass is 35.5. The standard InChI is InChI=1S/C22H26ClFN2O5S/c1-21(2)22(3,20(27)26-28)19(10-11-25-21)32(29,30)17-8-6-16(7-9-17)31-13-14-4-5-15(24)12-18(14)23/h4-9,12,19,25,28H,10-11,13H2,1-3H3,(H,26,27). The Balaban J connectivity index is 1.84. The molecule has 1 saturated heterocycles. The van der Waals surface area contributed by atoms with Gasteiger partial charge >= 0.3 is 0 Å². The fraction of sp³-hybridized carbons (Fsp3) is 0.409. The molecule has 1 fully saturated rings. The first kappa shape index (κ1) is 24.4. The lowest BCUT2D eigenvalue weighted by Crippen LogP contribution is -2.69. The predicted octanol–water partition coefficient (Wildman–Crippen LogP) is 3.48. The topological polar surface area (TPSA) is 105 Å². The Morgan fingerprint density at radius 1 is 1.25 bits per heavy atom. The zero-order valence-corrected chi connectivity index (χ0v) is 19.6. The largest absolute Gasteiger partial charge is 0.489 e. The number of benzene rings is 2. The molecule has 7 nitrogen and oxygen atoms in total. The average Bonchev–Trinajstić information content (AvgIpc) is 2.74. The molecule has 0 bridgehead atoms. The third-order valence-electron chi connectivity index (χ3n) is 6.43. The Hall–Kier alpha value is -2.20. The molecule has 1 heterocycles. The fourth-order valence-corrected chi connectivity index (χ4v) is 6.61. The smallest absolute Gasteiger partial charge is 0.252 e. The number of carbonyl (C=O) groups excluding carboxylic acids is 1. The van der Waals surface area contributed by atoms with Gasteiger partial charge in [-0.15, -0.1) is 0 Å². The van der Waals surface area contributed by atoms with Crippen molar-refractivity contribution in [1.82, 2.24) is 10.8 Å². The molecular formula is C22H26ClFN2O5S. The van der Waals surface area contributed by atoms with Crippen LogP contribution >= 0.6 is 11.6 Å². The van der Waals surface area contributed by atoms with Crippen molar-refractivity contribution >= 4 is 27.3 Å². The molecular weight excluding hydrogens is 459 g/mol. The van der Waals surface area contributed by atoms with Crippen LogP contribution in [0.25, 0.3) is 0 Å². The van der Waals surface area contributed by atoms with Crippen LogP contribution in [0.4, 0.5) is 4.39 Å². The minimum atomic E-state index is -3.92. The Kier molecular flexibility index (Phi) is 6.86. The van der Waals surface area contributed by atoms with Gasteiger partial charge in [-0.25, -0.2) is 18.3 Å². The second-order valence-electron chi connectivity index (χ2n) is 8.51. The van der Waals surface area contributed by atoms with Gasteiger partial charge in [-0.2, -0.15) is 0 Å². The number of carbonyl (C=O) groups is 1. The lowest BCUT2D eigenvalue weighted by atomic mass is 9.66. The van der Waals surface area contributed by atoms with Crippen LogP contribution in [0, 0.1) is 11.2 Å². The lowest BCUT2D eigenvalue weighted by Gasteiger charge is -2.51. The highest BCUT2D eigenvalue weighted by Gasteiger charge is 2.59. The van der Waals surface area contributed by atoms with Gasteiger partial charge in [0.25, 0.3) is 5.91 Å². The van der Waals surface area contributed by atoms with Gasteiger partial charge < -0.3 is 10.1 Å². The van der Waals surface area contributed by atoms with Gasteiger partial charge in [0.15, 0.2) is 9.84 Å².